The average molecular weight is 181 g/mol. The molecule has 1 fully saturated rings. The predicted octanol–water partition coefficient (Wildman–Crippen LogP) is -0.0418. The van der Waals surface area contributed by atoms with Crippen LogP contribution in [0.15, 0.2) is 0 Å². The van der Waals surface area contributed by atoms with Gasteiger partial charge in [0.25, 0.3) is 0 Å². The van der Waals surface area contributed by atoms with Crippen molar-refractivity contribution >= 4 is 12.4 Å². The zero-order chi connectivity index (χ0) is 7.40. The first-order chi connectivity index (χ1) is 4.84. The minimum atomic E-state index is 0. The Morgan fingerprint density at radius 3 is 2.91 bits per heavy atom. The van der Waals surface area contributed by atoms with E-state index in [0.29, 0.717) is 6.04 Å². The van der Waals surface area contributed by atoms with Crippen molar-refractivity contribution < 1.29 is 4.74 Å². The fourth-order valence-electron chi connectivity index (χ4n) is 1.24. The van der Waals surface area contributed by atoms with Gasteiger partial charge in [0.15, 0.2) is 0 Å². The van der Waals surface area contributed by atoms with E-state index in [1.807, 2.05) is 0 Å². The number of nitrogens with one attached hydrogen (secondary N) is 1. The van der Waals surface area contributed by atoms with Gasteiger partial charge < -0.3 is 10.1 Å². The number of piperazine rings is 1. The number of hydrogen-bond donors (Lipinski definition) is 1. The third-order valence-electron chi connectivity index (χ3n) is 2.00. The first kappa shape index (κ1) is 11.2. The van der Waals surface area contributed by atoms with E-state index in [1.165, 1.54) is 0 Å². The monoisotopic (exact) mass is 180 g/mol. The van der Waals surface area contributed by atoms with Crippen molar-refractivity contribution in [2.24, 2.45) is 0 Å². The summed E-state index contributed by atoms with van der Waals surface area (Å²) in [5, 5.41) is 3.33. The standard InChI is InChI=1S/C7H16N2O.ClH/c1-9-4-3-8-5-7(9)6-10-2;/h7-8H,3-6H2,1-2H3;1H. The minimum Gasteiger partial charge on any atom is -0.383 e. The maximum absolute atomic E-state index is 5.07. The summed E-state index contributed by atoms with van der Waals surface area (Å²) in [6.45, 7) is 4.14. The van der Waals surface area contributed by atoms with Gasteiger partial charge in [-0.2, -0.15) is 0 Å². The first-order valence-corrected chi connectivity index (χ1v) is 3.74. The van der Waals surface area contributed by atoms with Crippen molar-refractivity contribution in [1.82, 2.24) is 10.2 Å². The van der Waals surface area contributed by atoms with Gasteiger partial charge in [0.05, 0.1) is 6.61 Å². The quantitative estimate of drug-likeness (QED) is 0.646. The predicted molar refractivity (Wildman–Crippen MR) is 48.4 cm³/mol. The Bertz CT molecular complexity index is 100. The Morgan fingerprint density at radius 1 is 1.64 bits per heavy atom. The molecule has 1 heterocycles. The number of halogens is 1. The van der Waals surface area contributed by atoms with Crippen LogP contribution < -0.4 is 5.32 Å². The largest absolute Gasteiger partial charge is 0.383 e. The molecular weight excluding hydrogens is 164 g/mol. The number of hydrogen-bond acceptors (Lipinski definition) is 3. The molecule has 0 aromatic rings. The van der Waals surface area contributed by atoms with E-state index in [1.54, 1.807) is 7.11 Å². The average Bonchev–Trinajstić information content (AvgIpc) is 1.94. The highest BCUT2D eigenvalue weighted by molar-refractivity contribution is 5.85. The number of rotatable bonds is 2. The first-order valence-electron chi connectivity index (χ1n) is 3.74. The molecule has 1 saturated heterocycles. The summed E-state index contributed by atoms with van der Waals surface area (Å²) in [5.74, 6) is 0. The Labute approximate surface area is 74.5 Å². The molecule has 1 rings (SSSR count). The van der Waals surface area contributed by atoms with E-state index in [2.05, 4.69) is 17.3 Å². The molecule has 1 N–H and O–H groups in total. The lowest BCUT2D eigenvalue weighted by Gasteiger charge is -2.32. The molecule has 68 valence electrons. The molecule has 0 radical (unpaired) electrons. The highest BCUT2D eigenvalue weighted by atomic mass is 35.5. The zero-order valence-electron chi connectivity index (χ0n) is 7.17. The molecule has 1 aliphatic heterocycles. The molecule has 1 unspecified atom stereocenters. The summed E-state index contributed by atoms with van der Waals surface area (Å²) in [7, 11) is 3.90. The van der Waals surface area contributed by atoms with Crippen molar-refractivity contribution in [1.29, 1.82) is 0 Å². The number of ether oxygens (including phenoxy) is 1. The van der Waals surface area contributed by atoms with Crippen molar-refractivity contribution in [3.05, 3.63) is 0 Å². The van der Waals surface area contributed by atoms with E-state index < -0.39 is 0 Å². The highest BCUT2D eigenvalue weighted by Gasteiger charge is 2.17. The van der Waals surface area contributed by atoms with E-state index in [-0.39, 0.29) is 12.4 Å². The van der Waals surface area contributed by atoms with Crippen LogP contribution >= 0.6 is 12.4 Å². The summed E-state index contributed by atoms with van der Waals surface area (Å²) in [6, 6.07) is 0.568. The van der Waals surface area contributed by atoms with Crippen LogP contribution in [0.5, 0.6) is 0 Å². The van der Waals surface area contributed by atoms with Crippen LogP contribution in [0.1, 0.15) is 0 Å². The molecule has 0 aliphatic carbocycles. The van der Waals surface area contributed by atoms with Gasteiger partial charge in [-0.1, -0.05) is 0 Å². The van der Waals surface area contributed by atoms with Crippen LogP contribution in [0.25, 0.3) is 0 Å². The van der Waals surface area contributed by atoms with Crippen LogP contribution in [0.4, 0.5) is 0 Å². The summed E-state index contributed by atoms with van der Waals surface area (Å²) < 4.78 is 5.07. The molecule has 0 bridgehead atoms. The molecule has 3 nitrogen and oxygen atoms in total. The second-order valence-electron chi connectivity index (χ2n) is 2.79. The summed E-state index contributed by atoms with van der Waals surface area (Å²) in [4.78, 5) is 2.33. The molecule has 4 heteroatoms. The summed E-state index contributed by atoms with van der Waals surface area (Å²) in [5.41, 5.74) is 0. The van der Waals surface area contributed by atoms with Crippen LogP contribution in [0.3, 0.4) is 0 Å². The zero-order valence-corrected chi connectivity index (χ0v) is 7.99. The van der Waals surface area contributed by atoms with Crippen molar-refractivity contribution in [3.8, 4) is 0 Å². The van der Waals surface area contributed by atoms with Crippen LogP contribution in [-0.4, -0.2) is 51.3 Å². The Hall–Kier alpha value is 0.170. The lowest BCUT2D eigenvalue weighted by atomic mass is 10.2. The topological polar surface area (TPSA) is 24.5 Å². The van der Waals surface area contributed by atoms with Crippen molar-refractivity contribution in [3.63, 3.8) is 0 Å². The van der Waals surface area contributed by atoms with E-state index >= 15 is 0 Å². The van der Waals surface area contributed by atoms with Gasteiger partial charge >= 0.3 is 0 Å². The molecular formula is C7H17ClN2O. The van der Waals surface area contributed by atoms with E-state index in [0.717, 1.165) is 26.2 Å². The van der Waals surface area contributed by atoms with E-state index in [9.17, 15) is 0 Å². The smallest absolute Gasteiger partial charge is 0.0630 e. The van der Waals surface area contributed by atoms with Gasteiger partial charge in [0.2, 0.25) is 0 Å². The van der Waals surface area contributed by atoms with Crippen LogP contribution in [-0.2, 0) is 4.74 Å². The fraction of sp³-hybridized carbons (Fsp3) is 1.00. The third kappa shape index (κ3) is 3.38. The van der Waals surface area contributed by atoms with Gasteiger partial charge in [-0.25, -0.2) is 0 Å². The fourth-order valence-corrected chi connectivity index (χ4v) is 1.24. The van der Waals surface area contributed by atoms with Crippen LogP contribution in [0.2, 0.25) is 0 Å². The summed E-state index contributed by atoms with van der Waals surface area (Å²) in [6.07, 6.45) is 0. The van der Waals surface area contributed by atoms with E-state index in [4.69, 9.17) is 4.74 Å². The molecule has 0 aromatic heterocycles. The van der Waals surface area contributed by atoms with Gasteiger partial charge in [-0.3, -0.25) is 4.90 Å². The maximum atomic E-state index is 5.07. The third-order valence-corrected chi connectivity index (χ3v) is 2.00. The molecule has 0 amide bonds. The van der Waals surface area contributed by atoms with Gasteiger partial charge in [0.1, 0.15) is 0 Å². The molecule has 0 spiro atoms. The van der Waals surface area contributed by atoms with Gasteiger partial charge in [-0.15, -0.1) is 12.4 Å². The van der Waals surface area contributed by atoms with Gasteiger partial charge in [0, 0.05) is 32.8 Å². The van der Waals surface area contributed by atoms with Crippen molar-refractivity contribution in [2.75, 3.05) is 40.4 Å². The van der Waals surface area contributed by atoms with Gasteiger partial charge in [-0.05, 0) is 7.05 Å². The SMILES string of the molecule is COCC1CNCCN1C.Cl. The molecule has 1 aliphatic rings. The Balaban J connectivity index is 0.000001000. The Morgan fingerprint density at radius 2 is 2.36 bits per heavy atom. The number of nitrogens with zero attached hydrogens (tertiary/aromatic N) is 1. The maximum Gasteiger partial charge on any atom is 0.0630 e. The van der Waals surface area contributed by atoms with Crippen molar-refractivity contribution in [2.45, 2.75) is 6.04 Å². The lowest BCUT2D eigenvalue weighted by molar-refractivity contribution is 0.0909. The molecule has 0 aromatic carbocycles. The number of methoxy groups -OCH3 is 1. The summed E-state index contributed by atoms with van der Waals surface area (Å²) >= 11 is 0. The second-order valence-corrected chi connectivity index (χ2v) is 2.79. The number of likely N-dealkylation sites (N-methyl/N-ethyl adjacent to an activating group) is 1. The molecule has 11 heavy (non-hydrogen) atoms. The molecule has 1 atom stereocenters. The minimum absolute atomic E-state index is 0. The highest BCUT2D eigenvalue weighted by Crippen LogP contribution is 1.98. The molecule has 0 saturated carbocycles. The second kappa shape index (κ2) is 5.77. The van der Waals surface area contributed by atoms with Crippen LogP contribution in [0, 0.1) is 0 Å². The lowest BCUT2D eigenvalue weighted by Crippen LogP contribution is -2.51. The normalized spacial score (nSPS) is 26.2. The Kier molecular flexibility index (Phi) is 5.86.